The number of aliphatic imine (C=N–C) groups is 1. The topological polar surface area (TPSA) is 63.5 Å². The van der Waals surface area contributed by atoms with Gasteiger partial charge in [0.25, 0.3) is 0 Å². The highest BCUT2D eigenvalue weighted by molar-refractivity contribution is 5.79. The van der Waals surface area contributed by atoms with Crippen molar-refractivity contribution in [1.82, 2.24) is 20.4 Å². The average Bonchev–Trinajstić information content (AvgIpc) is 3.02. The van der Waals surface area contributed by atoms with E-state index in [0.717, 1.165) is 29.5 Å². The number of hydrogen-bond acceptors (Lipinski definition) is 3. The lowest BCUT2D eigenvalue weighted by molar-refractivity contribution is 0.408. The van der Waals surface area contributed by atoms with Crippen LogP contribution in [0.5, 0.6) is 5.75 Å². The molecule has 0 amide bonds. The summed E-state index contributed by atoms with van der Waals surface area (Å²) in [5.74, 6) is 1.62. The van der Waals surface area contributed by atoms with E-state index in [9.17, 15) is 0 Å². The summed E-state index contributed by atoms with van der Waals surface area (Å²) in [5, 5.41) is 11.5. The molecule has 1 heterocycles. The zero-order chi connectivity index (χ0) is 21.5. The van der Waals surface area contributed by atoms with Gasteiger partial charge in [0.1, 0.15) is 5.75 Å². The minimum absolute atomic E-state index is 0.633. The lowest BCUT2D eigenvalue weighted by Gasteiger charge is -2.14. The minimum atomic E-state index is 0.633. The molecule has 0 unspecified atom stereocenters. The van der Waals surface area contributed by atoms with Crippen LogP contribution in [0.4, 0.5) is 0 Å². The highest BCUT2D eigenvalue weighted by Crippen LogP contribution is 2.19. The summed E-state index contributed by atoms with van der Waals surface area (Å²) >= 11 is 0. The highest BCUT2D eigenvalue weighted by Gasteiger charge is 2.12. The maximum Gasteiger partial charge on any atom is 0.191 e. The molecule has 2 aromatic carbocycles. The van der Waals surface area contributed by atoms with Crippen molar-refractivity contribution in [3.63, 3.8) is 0 Å². The van der Waals surface area contributed by atoms with Crippen LogP contribution in [0.15, 0.2) is 53.5 Å². The Morgan fingerprint density at radius 2 is 1.77 bits per heavy atom. The van der Waals surface area contributed by atoms with Crippen molar-refractivity contribution in [3.05, 3.63) is 82.2 Å². The van der Waals surface area contributed by atoms with Gasteiger partial charge in [-0.05, 0) is 38.0 Å². The van der Waals surface area contributed by atoms with Gasteiger partial charge in [-0.1, -0.05) is 42.5 Å². The molecule has 3 aromatic rings. The third kappa shape index (κ3) is 5.20. The number of nitrogens with one attached hydrogen (secondary N) is 2. The number of guanidine groups is 1. The Hall–Kier alpha value is -3.28. The molecular formula is C24H31N5O. The van der Waals surface area contributed by atoms with Gasteiger partial charge in [0.2, 0.25) is 0 Å². The molecule has 0 aliphatic rings. The first kappa shape index (κ1) is 21.4. The number of methoxy groups -OCH3 is 1. The van der Waals surface area contributed by atoms with Crippen molar-refractivity contribution >= 4 is 5.96 Å². The first-order chi connectivity index (χ1) is 14.5. The molecular weight excluding hydrogens is 374 g/mol. The fraction of sp³-hybridized carbons (Fsp3) is 0.333. The SMILES string of the molecule is CN=C(NCc1ccc(C)cc1OC)NCc1c(C)nn(Cc2ccccc2)c1C. The van der Waals surface area contributed by atoms with E-state index in [-0.39, 0.29) is 0 Å². The molecule has 2 N–H and O–H groups in total. The van der Waals surface area contributed by atoms with E-state index < -0.39 is 0 Å². The zero-order valence-electron chi connectivity index (χ0n) is 18.5. The third-order valence-electron chi connectivity index (χ3n) is 5.25. The Bertz CT molecular complexity index is 1010. The van der Waals surface area contributed by atoms with Crippen molar-refractivity contribution in [2.24, 2.45) is 4.99 Å². The molecule has 0 fully saturated rings. The smallest absolute Gasteiger partial charge is 0.191 e. The molecule has 3 rings (SSSR count). The molecule has 158 valence electrons. The highest BCUT2D eigenvalue weighted by atomic mass is 16.5. The zero-order valence-corrected chi connectivity index (χ0v) is 18.5. The van der Waals surface area contributed by atoms with Crippen molar-refractivity contribution in [3.8, 4) is 5.75 Å². The van der Waals surface area contributed by atoms with E-state index in [0.29, 0.717) is 13.1 Å². The van der Waals surface area contributed by atoms with Crippen LogP contribution in [0, 0.1) is 20.8 Å². The largest absolute Gasteiger partial charge is 0.496 e. The first-order valence-electron chi connectivity index (χ1n) is 10.2. The second-order valence-electron chi connectivity index (χ2n) is 7.39. The monoisotopic (exact) mass is 405 g/mol. The molecule has 0 aliphatic carbocycles. The lowest BCUT2D eigenvalue weighted by atomic mass is 10.1. The number of benzene rings is 2. The molecule has 0 atom stereocenters. The molecule has 0 saturated heterocycles. The third-order valence-corrected chi connectivity index (χ3v) is 5.25. The number of aromatic nitrogens is 2. The van der Waals surface area contributed by atoms with Crippen LogP contribution in [0.25, 0.3) is 0 Å². The van der Waals surface area contributed by atoms with Crippen molar-refractivity contribution in [2.75, 3.05) is 14.2 Å². The lowest BCUT2D eigenvalue weighted by Crippen LogP contribution is -2.36. The van der Waals surface area contributed by atoms with E-state index >= 15 is 0 Å². The van der Waals surface area contributed by atoms with Crippen LogP contribution in [-0.2, 0) is 19.6 Å². The van der Waals surface area contributed by atoms with Gasteiger partial charge in [-0.15, -0.1) is 0 Å². The molecule has 30 heavy (non-hydrogen) atoms. The minimum Gasteiger partial charge on any atom is -0.496 e. The van der Waals surface area contributed by atoms with E-state index in [2.05, 4.69) is 77.5 Å². The number of aryl methyl sites for hydroxylation is 2. The summed E-state index contributed by atoms with van der Waals surface area (Å²) < 4.78 is 7.56. The maximum absolute atomic E-state index is 5.49. The number of ether oxygens (including phenoxy) is 1. The number of rotatable bonds is 7. The Morgan fingerprint density at radius 3 is 2.47 bits per heavy atom. The van der Waals surface area contributed by atoms with Gasteiger partial charge in [0, 0.05) is 37.0 Å². The van der Waals surface area contributed by atoms with E-state index in [1.165, 1.54) is 22.4 Å². The van der Waals surface area contributed by atoms with E-state index in [1.54, 1.807) is 14.2 Å². The standard InChI is InChI=1S/C24H31N5O/c1-17-11-12-21(23(13-17)30-5)14-26-24(25-4)27-15-22-18(2)28-29(19(22)3)16-20-9-7-6-8-10-20/h6-13H,14-16H2,1-5H3,(H2,25,26,27). The fourth-order valence-corrected chi connectivity index (χ4v) is 3.47. The molecule has 1 aromatic heterocycles. The number of hydrogen-bond donors (Lipinski definition) is 2. The quantitative estimate of drug-likeness (QED) is 0.464. The predicted octanol–water partition coefficient (Wildman–Crippen LogP) is 3.73. The molecule has 6 nitrogen and oxygen atoms in total. The van der Waals surface area contributed by atoms with E-state index in [1.807, 2.05) is 12.1 Å². The van der Waals surface area contributed by atoms with Crippen molar-refractivity contribution < 1.29 is 4.74 Å². The molecule has 0 saturated carbocycles. The Labute approximate surface area is 179 Å². The fourth-order valence-electron chi connectivity index (χ4n) is 3.47. The molecule has 6 heteroatoms. The molecule has 0 radical (unpaired) electrons. The van der Waals surface area contributed by atoms with Gasteiger partial charge in [-0.2, -0.15) is 5.10 Å². The van der Waals surface area contributed by atoms with E-state index in [4.69, 9.17) is 9.84 Å². The summed E-state index contributed by atoms with van der Waals surface area (Å²) in [4.78, 5) is 4.35. The molecule has 0 spiro atoms. The van der Waals surface area contributed by atoms with Crippen LogP contribution < -0.4 is 15.4 Å². The second kappa shape index (κ2) is 9.96. The predicted molar refractivity (Wildman–Crippen MR) is 122 cm³/mol. The van der Waals surface area contributed by atoms with Crippen LogP contribution in [0.1, 0.15) is 33.6 Å². The van der Waals surface area contributed by atoms with Crippen LogP contribution in [0.2, 0.25) is 0 Å². The Morgan fingerprint density at radius 1 is 1.03 bits per heavy atom. The Balaban J connectivity index is 1.63. The van der Waals surface area contributed by atoms with Gasteiger partial charge in [0.15, 0.2) is 5.96 Å². The summed E-state index contributed by atoms with van der Waals surface area (Å²) in [7, 11) is 3.48. The van der Waals surface area contributed by atoms with Gasteiger partial charge in [0.05, 0.1) is 19.3 Å². The van der Waals surface area contributed by atoms with Crippen molar-refractivity contribution in [1.29, 1.82) is 0 Å². The van der Waals surface area contributed by atoms with Gasteiger partial charge in [-0.25, -0.2) is 0 Å². The second-order valence-corrected chi connectivity index (χ2v) is 7.39. The first-order valence-corrected chi connectivity index (χ1v) is 10.2. The summed E-state index contributed by atoms with van der Waals surface area (Å²) in [5.41, 5.74) is 6.91. The van der Waals surface area contributed by atoms with Crippen LogP contribution in [-0.4, -0.2) is 29.9 Å². The van der Waals surface area contributed by atoms with Gasteiger partial charge in [-0.3, -0.25) is 9.67 Å². The molecule has 0 bridgehead atoms. The van der Waals surface area contributed by atoms with Gasteiger partial charge < -0.3 is 15.4 Å². The number of nitrogens with zero attached hydrogens (tertiary/aromatic N) is 3. The van der Waals surface area contributed by atoms with Crippen LogP contribution in [0.3, 0.4) is 0 Å². The van der Waals surface area contributed by atoms with Crippen LogP contribution >= 0.6 is 0 Å². The summed E-state index contributed by atoms with van der Waals surface area (Å²) in [6.07, 6.45) is 0. The summed E-state index contributed by atoms with van der Waals surface area (Å²) in [6.45, 7) is 8.30. The van der Waals surface area contributed by atoms with Crippen molar-refractivity contribution in [2.45, 2.75) is 40.4 Å². The normalized spacial score (nSPS) is 11.4. The molecule has 0 aliphatic heterocycles. The Kier molecular flexibility index (Phi) is 7.12. The summed E-state index contributed by atoms with van der Waals surface area (Å²) in [6, 6.07) is 16.6. The maximum atomic E-state index is 5.49. The van der Waals surface area contributed by atoms with Gasteiger partial charge >= 0.3 is 0 Å². The average molecular weight is 406 g/mol.